The Kier molecular flexibility index (Phi) is 5.48. The lowest BCUT2D eigenvalue weighted by molar-refractivity contribution is 0.190. The van der Waals surface area contributed by atoms with Crippen molar-refractivity contribution in [1.82, 2.24) is 0 Å². The molecule has 0 bridgehead atoms. The van der Waals surface area contributed by atoms with E-state index in [0.717, 1.165) is 23.5 Å². The topological polar surface area (TPSA) is 44.5 Å². The van der Waals surface area contributed by atoms with Crippen LogP contribution in [0.3, 0.4) is 0 Å². The van der Waals surface area contributed by atoms with Crippen molar-refractivity contribution in [3.63, 3.8) is 0 Å². The molecule has 0 heterocycles. The van der Waals surface area contributed by atoms with Crippen LogP contribution in [0.1, 0.15) is 45.7 Å². The van der Waals surface area contributed by atoms with Crippen LogP contribution in [0.2, 0.25) is 0 Å². The lowest BCUT2D eigenvalue weighted by atomic mass is 10.1. The van der Waals surface area contributed by atoms with E-state index in [1.807, 2.05) is 25.1 Å². The van der Waals surface area contributed by atoms with E-state index in [0.29, 0.717) is 5.92 Å². The summed E-state index contributed by atoms with van der Waals surface area (Å²) in [6.07, 6.45) is 1.20. The molecule has 0 radical (unpaired) electrons. The zero-order chi connectivity index (χ0) is 13.7. The molecule has 18 heavy (non-hydrogen) atoms. The molecule has 2 atom stereocenters. The summed E-state index contributed by atoms with van der Waals surface area (Å²) in [5, 5.41) is 0. The number of ether oxygens (including phenoxy) is 2. The summed E-state index contributed by atoms with van der Waals surface area (Å²) < 4.78 is 11.2. The molecule has 0 fully saturated rings. The molecule has 3 nitrogen and oxygen atoms in total. The zero-order valence-corrected chi connectivity index (χ0v) is 12.1. The first-order valence-corrected chi connectivity index (χ1v) is 6.54. The van der Waals surface area contributed by atoms with Gasteiger partial charge < -0.3 is 15.2 Å². The van der Waals surface area contributed by atoms with Crippen LogP contribution in [-0.4, -0.2) is 13.2 Å². The summed E-state index contributed by atoms with van der Waals surface area (Å²) in [6, 6.07) is 5.76. The van der Waals surface area contributed by atoms with Gasteiger partial charge in [-0.2, -0.15) is 0 Å². The number of hydrogen-bond donors (Lipinski definition) is 1. The molecule has 0 aliphatic rings. The highest BCUT2D eigenvalue weighted by molar-refractivity contribution is 5.42. The Bertz CT molecular complexity index is 375. The molecular weight excluding hydrogens is 226 g/mol. The normalized spacial score (nSPS) is 14.4. The summed E-state index contributed by atoms with van der Waals surface area (Å²) >= 11 is 0. The molecular formula is C15H25NO2. The van der Waals surface area contributed by atoms with Gasteiger partial charge in [0.25, 0.3) is 0 Å². The van der Waals surface area contributed by atoms with Gasteiger partial charge in [0.15, 0.2) is 0 Å². The number of hydrogen-bond acceptors (Lipinski definition) is 3. The smallest absolute Gasteiger partial charge is 0.128 e. The van der Waals surface area contributed by atoms with Gasteiger partial charge in [-0.15, -0.1) is 0 Å². The number of benzene rings is 1. The van der Waals surface area contributed by atoms with Crippen LogP contribution < -0.4 is 15.2 Å². The monoisotopic (exact) mass is 251 g/mol. The zero-order valence-electron chi connectivity index (χ0n) is 12.1. The molecule has 0 aliphatic heterocycles. The maximum Gasteiger partial charge on any atom is 0.128 e. The minimum atomic E-state index is -0.0443. The SMILES string of the molecule is COc1ccc([C@H](C)N)c(OC(C)CC(C)C)c1. The minimum absolute atomic E-state index is 0.0443. The predicted molar refractivity (Wildman–Crippen MR) is 75.1 cm³/mol. The summed E-state index contributed by atoms with van der Waals surface area (Å²) in [6.45, 7) is 8.43. The first kappa shape index (κ1) is 14.8. The summed E-state index contributed by atoms with van der Waals surface area (Å²) in [4.78, 5) is 0. The quantitative estimate of drug-likeness (QED) is 0.841. The lowest BCUT2D eigenvalue weighted by Gasteiger charge is -2.21. The second-order valence-corrected chi connectivity index (χ2v) is 5.25. The van der Waals surface area contributed by atoms with E-state index in [2.05, 4.69) is 20.8 Å². The Morgan fingerprint density at radius 3 is 2.33 bits per heavy atom. The van der Waals surface area contributed by atoms with Gasteiger partial charge in [-0.25, -0.2) is 0 Å². The van der Waals surface area contributed by atoms with Crippen molar-refractivity contribution >= 4 is 0 Å². The van der Waals surface area contributed by atoms with Crippen LogP contribution in [-0.2, 0) is 0 Å². The van der Waals surface area contributed by atoms with Gasteiger partial charge >= 0.3 is 0 Å². The van der Waals surface area contributed by atoms with Crippen molar-refractivity contribution in [2.45, 2.75) is 46.3 Å². The van der Waals surface area contributed by atoms with Gasteiger partial charge in [-0.05, 0) is 32.3 Å². The van der Waals surface area contributed by atoms with E-state index in [9.17, 15) is 0 Å². The van der Waals surface area contributed by atoms with Crippen molar-refractivity contribution in [3.05, 3.63) is 23.8 Å². The molecule has 3 heteroatoms. The van der Waals surface area contributed by atoms with Crippen molar-refractivity contribution in [1.29, 1.82) is 0 Å². The fraction of sp³-hybridized carbons (Fsp3) is 0.600. The van der Waals surface area contributed by atoms with Crippen LogP contribution in [0, 0.1) is 5.92 Å². The van der Waals surface area contributed by atoms with E-state index >= 15 is 0 Å². The summed E-state index contributed by atoms with van der Waals surface area (Å²) in [5.74, 6) is 2.24. The van der Waals surface area contributed by atoms with Gasteiger partial charge in [0.2, 0.25) is 0 Å². The van der Waals surface area contributed by atoms with Crippen LogP contribution in [0.4, 0.5) is 0 Å². The highest BCUT2D eigenvalue weighted by Gasteiger charge is 2.13. The Morgan fingerprint density at radius 1 is 1.17 bits per heavy atom. The summed E-state index contributed by atoms with van der Waals surface area (Å²) in [7, 11) is 1.65. The Hall–Kier alpha value is -1.22. The Morgan fingerprint density at radius 2 is 1.83 bits per heavy atom. The number of nitrogens with two attached hydrogens (primary N) is 1. The second kappa shape index (κ2) is 6.64. The fourth-order valence-corrected chi connectivity index (χ4v) is 2.05. The van der Waals surface area contributed by atoms with E-state index in [1.54, 1.807) is 7.11 Å². The second-order valence-electron chi connectivity index (χ2n) is 5.25. The van der Waals surface area contributed by atoms with E-state index in [1.165, 1.54) is 0 Å². The molecule has 1 aromatic rings. The van der Waals surface area contributed by atoms with Gasteiger partial charge in [0.05, 0.1) is 13.2 Å². The molecule has 0 amide bonds. The highest BCUT2D eigenvalue weighted by atomic mass is 16.5. The van der Waals surface area contributed by atoms with Gasteiger partial charge in [0, 0.05) is 17.7 Å². The minimum Gasteiger partial charge on any atom is -0.497 e. The maximum absolute atomic E-state index is 6.00. The fourth-order valence-electron chi connectivity index (χ4n) is 2.05. The molecule has 102 valence electrons. The van der Waals surface area contributed by atoms with Crippen LogP contribution in [0.25, 0.3) is 0 Å². The largest absolute Gasteiger partial charge is 0.497 e. The van der Waals surface area contributed by atoms with Gasteiger partial charge in [-0.1, -0.05) is 19.9 Å². The third kappa shape index (κ3) is 4.22. The standard InChI is InChI=1S/C15H25NO2/c1-10(2)8-11(3)18-15-9-13(17-5)6-7-14(15)12(4)16/h6-7,9-12H,8,16H2,1-5H3/t11?,12-/m0/s1. The first-order valence-electron chi connectivity index (χ1n) is 6.54. The maximum atomic E-state index is 6.00. The molecule has 2 N–H and O–H groups in total. The van der Waals surface area contributed by atoms with Gasteiger partial charge in [-0.3, -0.25) is 0 Å². The third-order valence-electron chi connectivity index (χ3n) is 2.84. The highest BCUT2D eigenvalue weighted by Crippen LogP contribution is 2.30. The van der Waals surface area contributed by atoms with E-state index in [-0.39, 0.29) is 12.1 Å². The number of rotatable bonds is 6. The Labute approximate surface area is 110 Å². The van der Waals surface area contributed by atoms with Gasteiger partial charge in [0.1, 0.15) is 11.5 Å². The third-order valence-corrected chi connectivity index (χ3v) is 2.84. The first-order chi connectivity index (χ1) is 8.43. The van der Waals surface area contributed by atoms with Crippen molar-refractivity contribution in [2.24, 2.45) is 11.7 Å². The molecule has 0 spiro atoms. The average Bonchev–Trinajstić information content (AvgIpc) is 2.27. The molecule has 1 rings (SSSR count). The Balaban J connectivity index is 2.90. The number of methoxy groups -OCH3 is 1. The predicted octanol–water partition coefficient (Wildman–Crippen LogP) is 3.53. The molecule has 0 saturated heterocycles. The molecule has 0 aliphatic carbocycles. The van der Waals surface area contributed by atoms with Crippen molar-refractivity contribution in [2.75, 3.05) is 7.11 Å². The van der Waals surface area contributed by atoms with E-state index in [4.69, 9.17) is 15.2 Å². The lowest BCUT2D eigenvalue weighted by Crippen LogP contribution is -2.17. The molecule has 1 aromatic carbocycles. The van der Waals surface area contributed by atoms with Crippen LogP contribution in [0.15, 0.2) is 18.2 Å². The molecule has 0 saturated carbocycles. The molecule has 0 aromatic heterocycles. The van der Waals surface area contributed by atoms with Crippen LogP contribution in [0.5, 0.6) is 11.5 Å². The average molecular weight is 251 g/mol. The van der Waals surface area contributed by atoms with Crippen LogP contribution >= 0.6 is 0 Å². The van der Waals surface area contributed by atoms with Crippen molar-refractivity contribution in [3.8, 4) is 11.5 Å². The van der Waals surface area contributed by atoms with Crippen molar-refractivity contribution < 1.29 is 9.47 Å². The van der Waals surface area contributed by atoms with E-state index < -0.39 is 0 Å². The molecule has 1 unspecified atom stereocenters. The summed E-state index contributed by atoms with van der Waals surface area (Å²) in [5.41, 5.74) is 6.98.